The number of nitrogens with zero attached hydrogens (tertiary/aromatic N) is 3. The molecule has 2 aromatic rings. The van der Waals surface area contributed by atoms with Crippen LogP contribution in [0, 0.1) is 0 Å². The number of ether oxygens (including phenoxy) is 2. The third kappa shape index (κ3) is 3.54. The predicted octanol–water partition coefficient (Wildman–Crippen LogP) is 2.00. The van der Waals surface area contributed by atoms with Crippen LogP contribution in [0.1, 0.15) is 5.56 Å². The number of hydrogen-bond acceptors (Lipinski definition) is 6. The molecule has 1 aromatic carbocycles. The van der Waals surface area contributed by atoms with Gasteiger partial charge in [0.15, 0.2) is 11.5 Å². The van der Waals surface area contributed by atoms with Crippen LogP contribution in [0.5, 0.6) is 11.5 Å². The molecule has 0 radical (unpaired) electrons. The molecule has 0 bridgehead atoms. The molecule has 0 atom stereocenters. The lowest BCUT2D eigenvalue weighted by atomic mass is 10.1. The second-order valence-electron chi connectivity index (χ2n) is 5.86. The zero-order valence-electron chi connectivity index (χ0n) is 14.2. The smallest absolute Gasteiger partial charge is 0.162 e. The van der Waals surface area contributed by atoms with Crippen molar-refractivity contribution < 1.29 is 9.47 Å². The van der Waals surface area contributed by atoms with E-state index in [4.69, 9.17) is 15.2 Å². The van der Waals surface area contributed by atoms with Gasteiger partial charge >= 0.3 is 0 Å². The number of piperazine rings is 1. The molecular formula is C18H24N4O2. The lowest BCUT2D eigenvalue weighted by molar-refractivity contribution is 0.249. The van der Waals surface area contributed by atoms with Crippen LogP contribution in [0.2, 0.25) is 0 Å². The van der Waals surface area contributed by atoms with Gasteiger partial charge in [0.25, 0.3) is 0 Å². The van der Waals surface area contributed by atoms with Crippen LogP contribution >= 0.6 is 0 Å². The molecule has 24 heavy (non-hydrogen) atoms. The number of hydrogen-bond donors (Lipinski definition) is 1. The lowest BCUT2D eigenvalue weighted by Crippen LogP contribution is -2.46. The van der Waals surface area contributed by atoms with Gasteiger partial charge in [0.2, 0.25) is 0 Å². The highest BCUT2D eigenvalue weighted by molar-refractivity contribution is 5.58. The van der Waals surface area contributed by atoms with E-state index < -0.39 is 0 Å². The van der Waals surface area contributed by atoms with E-state index in [0.29, 0.717) is 11.5 Å². The van der Waals surface area contributed by atoms with Crippen molar-refractivity contribution in [2.24, 2.45) is 0 Å². The quantitative estimate of drug-likeness (QED) is 0.847. The van der Waals surface area contributed by atoms with Gasteiger partial charge in [-0.3, -0.25) is 4.90 Å². The molecule has 1 aromatic heterocycles. The Morgan fingerprint density at radius 3 is 2.38 bits per heavy atom. The van der Waals surface area contributed by atoms with Crippen LogP contribution < -0.4 is 20.1 Å². The van der Waals surface area contributed by atoms with Gasteiger partial charge in [0, 0.05) is 50.7 Å². The normalized spacial score (nSPS) is 15.3. The fourth-order valence-corrected chi connectivity index (χ4v) is 2.99. The molecule has 6 nitrogen and oxygen atoms in total. The zero-order chi connectivity index (χ0) is 16.9. The van der Waals surface area contributed by atoms with Crippen LogP contribution in [-0.2, 0) is 6.54 Å². The second-order valence-corrected chi connectivity index (χ2v) is 5.86. The highest BCUT2D eigenvalue weighted by Gasteiger charge is 2.19. The molecule has 1 saturated heterocycles. The van der Waals surface area contributed by atoms with Gasteiger partial charge < -0.3 is 20.1 Å². The van der Waals surface area contributed by atoms with Crippen molar-refractivity contribution in [2.75, 3.05) is 51.0 Å². The highest BCUT2D eigenvalue weighted by Crippen LogP contribution is 2.32. The van der Waals surface area contributed by atoms with Gasteiger partial charge in [0.1, 0.15) is 5.82 Å². The summed E-state index contributed by atoms with van der Waals surface area (Å²) >= 11 is 0. The molecule has 0 aliphatic carbocycles. The summed E-state index contributed by atoms with van der Waals surface area (Å²) in [4.78, 5) is 9.14. The molecule has 1 aliphatic heterocycles. The molecule has 2 N–H and O–H groups in total. The van der Waals surface area contributed by atoms with Crippen molar-refractivity contribution in [1.82, 2.24) is 9.88 Å². The first-order chi connectivity index (χ1) is 11.7. The topological polar surface area (TPSA) is 63.9 Å². The summed E-state index contributed by atoms with van der Waals surface area (Å²) in [6.45, 7) is 4.69. The Kier molecular flexibility index (Phi) is 5.05. The minimum atomic E-state index is 0.665. The Hall–Kier alpha value is -2.47. The first-order valence-electron chi connectivity index (χ1n) is 8.10. The average molecular weight is 328 g/mol. The van der Waals surface area contributed by atoms with Crippen LogP contribution in [0.15, 0.2) is 36.5 Å². The maximum atomic E-state index is 6.17. The summed E-state index contributed by atoms with van der Waals surface area (Å²) in [5.74, 6) is 2.43. The van der Waals surface area contributed by atoms with Crippen molar-refractivity contribution in [3.63, 3.8) is 0 Å². The molecule has 6 heteroatoms. The molecule has 1 fully saturated rings. The number of pyridine rings is 1. The van der Waals surface area contributed by atoms with Gasteiger partial charge in [-0.2, -0.15) is 0 Å². The fraction of sp³-hybridized carbons (Fsp3) is 0.389. The molecule has 128 valence electrons. The number of aromatic nitrogens is 1. The molecule has 0 spiro atoms. The number of anilines is 2. The Morgan fingerprint density at radius 2 is 1.75 bits per heavy atom. The maximum Gasteiger partial charge on any atom is 0.162 e. The third-order valence-corrected chi connectivity index (χ3v) is 4.38. The summed E-state index contributed by atoms with van der Waals surface area (Å²) in [6.07, 6.45) is 1.84. The number of benzene rings is 1. The largest absolute Gasteiger partial charge is 0.493 e. The minimum Gasteiger partial charge on any atom is -0.493 e. The molecule has 0 saturated carbocycles. The van der Waals surface area contributed by atoms with E-state index in [1.54, 1.807) is 14.2 Å². The second kappa shape index (κ2) is 7.40. The van der Waals surface area contributed by atoms with Crippen LogP contribution in [0.25, 0.3) is 0 Å². The van der Waals surface area contributed by atoms with E-state index in [2.05, 4.69) is 20.9 Å². The van der Waals surface area contributed by atoms with Gasteiger partial charge in [-0.05, 0) is 23.8 Å². The lowest BCUT2D eigenvalue weighted by Gasteiger charge is -2.35. The minimum absolute atomic E-state index is 0.665. The molecule has 1 aliphatic rings. The van der Waals surface area contributed by atoms with E-state index in [0.717, 1.165) is 49.8 Å². The fourth-order valence-electron chi connectivity index (χ4n) is 2.99. The van der Waals surface area contributed by atoms with Gasteiger partial charge in [-0.25, -0.2) is 4.98 Å². The van der Waals surface area contributed by atoms with Crippen molar-refractivity contribution in [3.8, 4) is 11.5 Å². The van der Waals surface area contributed by atoms with Crippen LogP contribution in [0.3, 0.4) is 0 Å². The molecule has 3 rings (SSSR count). The summed E-state index contributed by atoms with van der Waals surface area (Å²) in [5.41, 5.74) is 7.98. The Morgan fingerprint density at radius 1 is 1.04 bits per heavy atom. The van der Waals surface area contributed by atoms with Crippen LogP contribution in [-0.4, -0.2) is 50.3 Å². The van der Waals surface area contributed by atoms with Gasteiger partial charge in [-0.15, -0.1) is 0 Å². The number of methoxy groups -OCH3 is 2. The number of nitrogens with two attached hydrogens (primary N) is 1. The SMILES string of the molecule is COc1cc(N)c(CN2CCN(c3ccccn3)CC2)cc1OC. The van der Waals surface area contributed by atoms with E-state index in [9.17, 15) is 0 Å². The summed E-state index contributed by atoms with van der Waals surface area (Å²) in [6, 6.07) is 9.83. The predicted molar refractivity (Wildman–Crippen MR) is 95.7 cm³/mol. The first-order valence-corrected chi connectivity index (χ1v) is 8.10. The first kappa shape index (κ1) is 16.4. The monoisotopic (exact) mass is 328 g/mol. The van der Waals surface area contributed by atoms with E-state index in [-0.39, 0.29) is 0 Å². The summed E-state index contributed by atoms with van der Waals surface area (Å²) < 4.78 is 10.7. The standard InChI is InChI=1S/C18H24N4O2/c1-23-16-11-14(15(19)12-17(16)24-2)13-21-7-9-22(10-8-21)18-5-3-4-6-20-18/h3-6,11-12H,7-10,13,19H2,1-2H3. The summed E-state index contributed by atoms with van der Waals surface area (Å²) in [5, 5.41) is 0. The number of nitrogen functional groups attached to an aromatic ring is 1. The molecule has 0 unspecified atom stereocenters. The van der Waals surface area contributed by atoms with Crippen LogP contribution in [0.4, 0.5) is 11.5 Å². The zero-order valence-corrected chi connectivity index (χ0v) is 14.2. The highest BCUT2D eigenvalue weighted by atomic mass is 16.5. The molecule has 2 heterocycles. The maximum absolute atomic E-state index is 6.17. The third-order valence-electron chi connectivity index (χ3n) is 4.38. The molecular weight excluding hydrogens is 304 g/mol. The number of rotatable bonds is 5. The van der Waals surface area contributed by atoms with Gasteiger partial charge in [0.05, 0.1) is 14.2 Å². The van der Waals surface area contributed by atoms with Crippen molar-refractivity contribution in [2.45, 2.75) is 6.54 Å². The van der Waals surface area contributed by atoms with E-state index >= 15 is 0 Å². The van der Waals surface area contributed by atoms with E-state index in [1.165, 1.54) is 0 Å². The van der Waals surface area contributed by atoms with Crippen molar-refractivity contribution >= 4 is 11.5 Å². The Bertz CT molecular complexity index is 670. The van der Waals surface area contributed by atoms with Gasteiger partial charge in [-0.1, -0.05) is 6.07 Å². The van der Waals surface area contributed by atoms with Crippen molar-refractivity contribution in [3.05, 3.63) is 42.1 Å². The van der Waals surface area contributed by atoms with E-state index in [1.807, 2.05) is 30.5 Å². The Balaban J connectivity index is 1.64. The summed E-state index contributed by atoms with van der Waals surface area (Å²) in [7, 11) is 3.26. The molecule has 0 amide bonds. The Labute approximate surface area is 142 Å². The van der Waals surface area contributed by atoms with Crippen molar-refractivity contribution in [1.29, 1.82) is 0 Å². The average Bonchev–Trinajstić information content (AvgIpc) is 2.64.